The van der Waals surface area contributed by atoms with Gasteiger partial charge in [-0.05, 0) is 45.8 Å². The smallest absolute Gasteiger partial charge is 0.246 e. The van der Waals surface area contributed by atoms with Crippen molar-refractivity contribution in [1.82, 2.24) is 9.88 Å². The topological polar surface area (TPSA) is 63.8 Å². The Labute approximate surface area is 182 Å². The van der Waals surface area contributed by atoms with Gasteiger partial charge in [-0.3, -0.25) is 4.79 Å². The van der Waals surface area contributed by atoms with Gasteiger partial charge < -0.3 is 24.1 Å². The molecule has 1 aromatic heterocycles. The van der Waals surface area contributed by atoms with Crippen molar-refractivity contribution in [3.63, 3.8) is 0 Å². The van der Waals surface area contributed by atoms with Gasteiger partial charge in [-0.15, -0.1) is 0 Å². The van der Waals surface area contributed by atoms with Crippen molar-refractivity contribution < 1.29 is 19.0 Å². The van der Waals surface area contributed by atoms with E-state index in [1.807, 2.05) is 29.2 Å². The van der Waals surface area contributed by atoms with Gasteiger partial charge in [0.15, 0.2) is 11.5 Å². The number of H-pyrrole nitrogens is 1. The molecule has 30 heavy (non-hydrogen) atoms. The molecule has 0 atom stereocenters. The number of aromatic amines is 1. The largest absolute Gasteiger partial charge is 0.493 e. The molecular formula is C23H21BrN2O4. The second kappa shape index (κ2) is 7.72. The molecule has 2 aliphatic heterocycles. The predicted molar refractivity (Wildman–Crippen MR) is 118 cm³/mol. The Morgan fingerprint density at radius 3 is 3.00 bits per heavy atom. The van der Waals surface area contributed by atoms with E-state index in [0.29, 0.717) is 43.6 Å². The third-order valence-corrected chi connectivity index (χ3v) is 6.20. The lowest BCUT2D eigenvalue weighted by molar-refractivity contribution is -0.126. The zero-order valence-electron chi connectivity index (χ0n) is 16.5. The third kappa shape index (κ3) is 3.33. The van der Waals surface area contributed by atoms with Gasteiger partial charge >= 0.3 is 0 Å². The molecule has 0 unspecified atom stereocenters. The zero-order valence-corrected chi connectivity index (χ0v) is 18.1. The molecular weight excluding hydrogens is 448 g/mol. The van der Waals surface area contributed by atoms with E-state index in [1.54, 1.807) is 19.3 Å². The van der Waals surface area contributed by atoms with Crippen molar-refractivity contribution >= 4 is 38.8 Å². The van der Waals surface area contributed by atoms with Crippen molar-refractivity contribution in [1.29, 1.82) is 0 Å². The average molecular weight is 469 g/mol. The molecule has 0 bridgehead atoms. The van der Waals surface area contributed by atoms with Gasteiger partial charge in [0.2, 0.25) is 11.7 Å². The Balaban J connectivity index is 1.37. The highest BCUT2D eigenvalue weighted by Gasteiger charge is 2.23. The minimum Gasteiger partial charge on any atom is -0.493 e. The molecule has 0 radical (unpaired) electrons. The lowest BCUT2D eigenvalue weighted by Crippen LogP contribution is -2.34. The van der Waals surface area contributed by atoms with Crippen LogP contribution in [0.2, 0.25) is 0 Å². The number of carbonyl (C=O) groups is 1. The number of nitrogens with zero attached hydrogens (tertiary/aromatic N) is 1. The Morgan fingerprint density at radius 2 is 2.13 bits per heavy atom. The molecule has 0 saturated heterocycles. The summed E-state index contributed by atoms with van der Waals surface area (Å²) < 4.78 is 17.8. The highest BCUT2D eigenvalue weighted by molar-refractivity contribution is 9.10. The summed E-state index contributed by atoms with van der Waals surface area (Å²) in [6, 6.07) is 9.86. The molecule has 0 spiro atoms. The van der Waals surface area contributed by atoms with Gasteiger partial charge in [0, 0.05) is 46.7 Å². The number of nitrogens with one attached hydrogen (secondary N) is 1. The molecule has 0 fully saturated rings. The maximum absolute atomic E-state index is 12.9. The molecule has 3 heterocycles. The molecule has 6 nitrogen and oxygen atoms in total. The first-order valence-corrected chi connectivity index (χ1v) is 10.7. The lowest BCUT2D eigenvalue weighted by atomic mass is 10.0. The van der Waals surface area contributed by atoms with Gasteiger partial charge in [-0.25, -0.2) is 0 Å². The molecule has 1 N–H and O–H groups in total. The predicted octanol–water partition coefficient (Wildman–Crippen LogP) is 4.31. The first kappa shape index (κ1) is 19.1. The highest BCUT2D eigenvalue weighted by atomic mass is 79.9. The molecule has 1 amide bonds. The van der Waals surface area contributed by atoms with Gasteiger partial charge in [0.25, 0.3) is 0 Å². The Hall–Kier alpha value is -2.93. The molecule has 0 aliphatic carbocycles. The van der Waals surface area contributed by atoms with Gasteiger partial charge in [0.05, 0.1) is 12.6 Å². The fourth-order valence-corrected chi connectivity index (χ4v) is 4.52. The van der Waals surface area contributed by atoms with E-state index in [9.17, 15) is 4.79 Å². The van der Waals surface area contributed by atoms with Crippen LogP contribution in [-0.4, -0.2) is 42.7 Å². The number of fused-ring (bicyclic) bond motifs is 4. The molecule has 7 heteroatoms. The first-order chi connectivity index (χ1) is 14.6. The van der Waals surface area contributed by atoms with Crippen LogP contribution in [0, 0.1) is 0 Å². The van der Waals surface area contributed by atoms with Crippen molar-refractivity contribution in [3.8, 4) is 17.2 Å². The summed E-state index contributed by atoms with van der Waals surface area (Å²) in [6.07, 6.45) is 4.22. The fourth-order valence-electron chi connectivity index (χ4n) is 4.05. The monoisotopic (exact) mass is 468 g/mol. The van der Waals surface area contributed by atoms with Crippen LogP contribution in [0.4, 0.5) is 0 Å². The second-order valence-electron chi connectivity index (χ2n) is 7.33. The number of rotatable bonds is 3. The van der Waals surface area contributed by atoms with Crippen LogP contribution in [0.3, 0.4) is 0 Å². The SMILES string of the molecule is COc1cc(C=CC(=O)N2CCc3[nH]c4c(Br)cccc4c3C2)cc2c1OCCO2. The number of benzene rings is 2. The van der Waals surface area contributed by atoms with Gasteiger partial charge in [0.1, 0.15) is 13.2 Å². The number of para-hydroxylation sites is 1. The molecule has 154 valence electrons. The fraction of sp³-hybridized carbons (Fsp3) is 0.261. The third-order valence-electron chi connectivity index (χ3n) is 5.54. The Bertz CT molecular complexity index is 1150. The van der Waals surface area contributed by atoms with Crippen molar-refractivity contribution in [2.24, 2.45) is 0 Å². The van der Waals surface area contributed by atoms with E-state index in [4.69, 9.17) is 14.2 Å². The molecule has 0 saturated carbocycles. The summed E-state index contributed by atoms with van der Waals surface area (Å²) in [4.78, 5) is 18.3. The second-order valence-corrected chi connectivity index (χ2v) is 8.19. The molecule has 2 aromatic carbocycles. The van der Waals surface area contributed by atoms with Crippen molar-refractivity contribution in [2.45, 2.75) is 13.0 Å². The number of methoxy groups -OCH3 is 1. The van der Waals surface area contributed by atoms with E-state index in [1.165, 1.54) is 11.3 Å². The normalized spacial score (nSPS) is 15.5. The highest BCUT2D eigenvalue weighted by Crippen LogP contribution is 2.40. The van der Waals surface area contributed by atoms with Crippen LogP contribution in [0.15, 0.2) is 40.9 Å². The van der Waals surface area contributed by atoms with Crippen molar-refractivity contribution in [2.75, 3.05) is 26.9 Å². The molecule has 2 aliphatic rings. The first-order valence-electron chi connectivity index (χ1n) is 9.86. The lowest BCUT2D eigenvalue weighted by Gasteiger charge is -2.26. The minimum absolute atomic E-state index is 0.0150. The van der Waals surface area contributed by atoms with E-state index in [-0.39, 0.29) is 5.91 Å². The van der Waals surface area contributed by atoms with E-state index >= 15 is 0 Å². The van der Waals surface area contributed by atoms with E-state index in [0.717, 1.165) is 27.4 Å². The maximum atomic E-state index is 12.9. The van der Waals surface area contributed by atoms with Crippen LogP contribution in [0.25, 0.3) is 17.0 Å². The number of hydrogen-bond donors (Lipinski definition) is 1. The summed E-state index contributed by atoms with van der Waals surface area (Å²) in [5.74, 6) is 1.84. The zero-order chi connectivity index (χ0) is 20.7. The average Bonchev–Trinajstić information content (AvgIpc) is 3.16. The maximum Gasteiger partial charge on any atom is 0.246 e. The summed E-state index contributed by atoms with van der Waals surface area (Å²) in [7, 11) is 1.59. The van der Waals surface area contributed by atoms with Crippen LogP contribution in [0.1, 0.15) is 16.8 Å². The molecule has 3 aromatic rings. The summed E-state index contributed by atoms with van der Waals surface area (Å²) >= 11 is 3.60. The van der Waals surface area contributed by atoms with Crippen LogP contribution < -0.4 is 14.2 Å². The number of amides is 1. The minimum atomic E-state index is -0.0150. The quantitative estimate of drug-likeness (QED) is 0.581. The number of ether oxygens (including phenoxy) is 3. The van der Waals surface area contributed by atoms with E-state index in [2.05, 4.69) is 27.0 Å². The number of aromatic nitrogens is 1. The molecule has 5 rings (SSSR count). The summed E-state index contributed by atoms with van der Waals surface area (Å²) in [5.41, 5.74) is 4.33. The Morgan fingerprint density at radius 1 is 1.27 bits per heavy atom. The van der Waals surface area contributed by atoms with Crippen molar-refractivity contribution in [3.05, 3.63) is 57.7 Å². The van der Waals surface area contributed by atoms with Gasteiger partial charge in [-0.2, -0.15) is 0 Å². The number of halogens is 1. The Kier molecular flexibility index (Phi) is 4.90. The number of carbonyl (C=O) groups excluding carboxylic acids is 1. The standard InChI is InChI=1S/C23H21BrN2O4/c1-28-19-11-14(12-20-23(19)30-10-9-29-20)5-6-21(27)26-8-7-18-16(13-26)15-3-2-4-17(24)22(15)25-18/h2-6,11-12,25H,7-10,13H2,1H3. The van der Waals surface area contributed by atoms with Crippen LogP contribution in [0.5, 0.6) is 17.2 Å². The van der Waals surface area contributed by atoms with Crippen LogP contribution in [-0.2, 0) is 17.8 Å². The van der Waals surface area contributed by atoms with E-state index < -0.39 is 0 Å². The van der Waals surface area contributed by atoms with Gasteiger partial charge in [-0.1, -0.05) is 12.1 Å². The number of hydrogen-bond acceptors (Lipinski definition) is 4. The summed E-state index contributed by atoms with van der Waals surface area (Å²) in [5, 5.41) is 1.16. The van der Waals surface area contributed by atoms with Crippen LogP contribution >= 0.6 is 15.9 Å². The summed E-state index contributed by atoms with van der Waals surface area (Å²) in [6.45, 7) is 2.28.